The first kappa shape index (κ1) is 22.2. The fourth-order valence-corrected chi connectivity index (χ4v) is 2.23. The minimum Gasteiger partial charge on any atom is -0.355 e. The van der Waals surface area contributed by atoms with Crippen LogP contribution < -0.4 is 10.6 Å². The Morgan fingerprint density at radius 3 is 2.13 bits per heavy atom. The number of guanidine groups is 1. The van der Waals surface area contributed by atoms with Gasteiger partial charge in [-0.3, -0.25) is 4.99 Å². The van der Waals surface area contributed by atoms with Crippen molar-refractivity contribution in [2.24, 2.45) is 4.99 Å². The molecule has 0 atom stereocenters. The fourth-order valence-electron chi connectivity index (χ4n) is 2.23. The third-order valence-electron chi connectivity index (χ3n) is 3.49. The number of benzene rings is 1. The zero-order chi connectivity index (χ0) is 16.6. The number of hydrogen-bond donors (Lipinski definition) is 2. The van der Waals surface area contributed by atoms with Gasteiger partial charge in [0.1, 0.15) is 0 Å². The second-order valence-electron chi connectivity index (χ2n) is 6.68. The van der Waals surface area contributed by atoms with E-state index in [4.69, 9.17) is 0 Å². The molecule has 1 aromatic carbocycles. The predicted octanol–water partition coefficient (Wildman–Crippen LogP) is 3.26. The highest BCUT2D eigenvalue weighted by Crippen LogP contribution is 2.07. The minimum atomic E-state index is 0. The summed E-state index contributed by atoms with van der Waals surface area (Å²) in [6.45, 7) is 11.3. The van der Waals surface area contributed by atoms with Crippen LogP contribution in [0.2, 0.25) is 0 Å². The van der Waals surface area contributed by atoms with Gasteiger partial charge in [-0.1, -0.05) is 31.2 Å². The molecular formula is C18H33IN4. The number of aryl methyl sites for hydroxylation is 1. The summed E-state index contributed by atoms with van der Waals surface area (Å²) in [6, 6.07) is 8.80. The van der Waals surface area contributed by atoms with Crippen LogP contribution in [0.15, 0.2) is 29.3 Å². The SMILES string of the molecule is CCc1ccc(CN(C)C(=NC)NCCNC(C)(C)C)cc1.I. The summed E-state index contributed by atoms with van der Waals surface area (Å²) in [5.41, 5.74) is 2.83. The van der Waals surface area contributed by atoms with Gasteiger partial charge in [0, 0.05) is 39.3 Å². The number of nitrogens with zero attached hydrogens (tertiary/aromatic N) is 2. The Kier molecular flexibility index (Phi) is 10.5. The standard InChI is InChI=1S/C18H32N4.HI/c1-7-15-8-10-16(11-9-15)14-22(6)17(19-5)20-12-13-21-18(2,3)4;/h8-11,21H,7,12-14H2,1-6H3,(H,19,20);1H. The molecule has 0 aliphatic heterocycles. The molecule has 0 aromatic heterocycles. The van der Waals surface area contributed by atoms with Crippen LogP contribution in [0.3, 0.4) is 0 Å². The van der Waals surface area contributed by atoms with Crippen LogP contribution in [-0.4, -0.2) is 43.6 Å². The molecule has 0 aliphatic carbocycles. The molecule has 0 bridgehead atoms. The quantitative estimate of drug-likeness (QED) is 0.314. The van der Waals surface area contributed by atoms with Gasteiger partial charge in [-0.15, -0.1) is 24.0 Å². The van der Waals surface area contributed by atoms with Crippen molar-refractivity contribution in [2.45, 2.75) is 46.2 Å². The summed E-state index contributed by atoms with van der Waals surface area (Å²) in [4.78, 5) is 6.51. The minimum absolute atomic E-state index is 0. The van der Waals surface area contributed by atoms with Gasteiger partial charge in [-0.05, 0) is 38.3 Å². The van der Waals surface area contributed by atoms with E-state index in [-0.39, 0.29) is 29.5 Å². The van der Waals surface area contributed by atoms with E-state index in [0.717, 1.165) is 32.0 Å². The molecule has 2 N–H and O–H groups in total. The topological polar surface area (TPSA) is 39.7 Å². The van der Waals surface area contributed by atoms with Crippen molar-refractivity contribution >= 4 is 29.9 Å². The third-order valence-corrected chi connectivity index (χ3v) is 3.49. The summed E-state index contributed by atoms with van der Waals surface area (Å²) in [7, 11) is 3.90. The molecule has 4 nitrogen and oxygen atoms in total. The molecule has 23 heavy (non-hydrogen) atoms. The summed E-state index contributed by atoms with van der Waals surface area (Å²) < 4.78 is 0. The molecule has 1 rings (SSSR count). The lowest BCUT2D eigenvalue weighted by Crippen LogP contribution is -2.44. The van der Waals surface area contributed by atoms with Crippen LogP contribution in [0.5, 0.6) is 0 Å². The molecule has 0 amide bonds. The van der Waals surface area contributed by atoms with Gasteiger partial charge in [0.05, 0.1) is 0 Å². The Balaban J connectivity index is 0.00000484. The first-order chi connectivity index (χ1) is 10.4. The van der Waals surface area contributed by atoms with Crippen molar-refractivity contribution in [1.82, 2.24) is 15.5 Å². The van der Waals surface area contributed by atoms with E-state index in [1.165, 1.54) is 11.1 Å². The molecule has 0 unspecified atom stereocenters. The molecule has 132 valence electrons. The van der Waals surface area contributed by atoms with Crippen molar-refractivity contribution in [2.75, 3.05) is 27.2 Å². The number of nitrogens with one attached hydrogen (secondary N) is 2. The second kappa shape index (κ2) is 10.9. The summed E-state index contributed by atoms with van der Waals surface area (Å²) >= 11 is 0. The highest BCUT2D eigenvalue weighted by molar-refractivity contribution is 14.0. The Morgan fingerprint density at radius 2 is 1.65 bits per heavy atom. The zero-order valence-corrected chi connectivity index (χ0v) is 17.8. The molecule has 0 aliphatic rings. The Labute approximate surface area is 159 Å². The molecule has 0 heterocycles. The lowest BCUT2D eigenvalue weighted by Gasteiger charge is -2.24. The first-order valence-electron chi connectivity index (χ1n) is 8.10. The normalized spacial score (nSPS) is 11.8. The predicted molar refractivity (Wildman–Crippen MR) is 112 cm³/mol. The van der Waals surface area contributed by atoms with E-state index < -0.39 is 0 Å². The van der Waals surface area contributed by atoms with Crippen LogP contribution in [0.25, 0.3) is 0 Å². The van der Waals surface area contributed by atoms with Crippen LogP contribution in [0, 0.1) is 0 Å². The van der Waals surface area contributed by atoms with E-state index in [2.05, 4.69) is 79.5 Å². The molecule has 0 fully saturated rings. The lowest BCUT2D eigenvalue weighted by atomic mass is 10.1. The van der Waals surface area contributed by atoms with Gasteiger partial charge in [-0.2, -0.15) is 0 Å². The molecule has 5 heteroatoms. The van der Waals surface area contributed by atoms with Gasteiger partial charge in [-0.25, -0.2) is 0 Å². The van der Waals surface area contributed by atoms with E-state index in [1.807, 2.05) is 7.05 Å². The van der Waals surface area contributed by atoms with Gasteiger partial charge >= 0.3 is 0 Å². The summed E-state index contributed by atoms with van der Waals surface area (Å²) in [5.74, 6) is 0.926. The molecule has 0 radical (unpaired) electrons. The second-order valence-corrected chi connectivity index (χ2v) is 6.68. The van der Waals surface area contributed by atoms with Crippen LogP contribution in [0.1, 0.15) is 38.8 Å². The Hall–Kier alpha value is -0.820. The number of halogens is 1. The van der Waals surface area contributed by atoms with E-state index >= 15 is 0 Å². The van der Waals surface area contributed by atoms with Gasteiger partial charge in [0.2, 0.25) is 0 Å². The molecule has 1 aromatic rings. The average Bonchev–Trinajstić information content (AvgIpc) is 2.47. The Morgan fingerprint density at radius 1 is 1.09 bits per heavy atom. The maximum atomic E-state index is 4.36. The van der Waals surface area contributed by atoms with Gasteiger partial charge in [0.15, 0.2) is 5.96 Å². The highest BCUT2D eigenvalue weighted by Gasteiger charge is 2.09. The van der Waals surface area contributed by atoms with E-state index in [9.17, 15) is 0 Å². The maximum absolute atomic E-state index is 4.36. The summed E-state index contributed by atoms with van der Waals surface area (Å²) in [5, 5.41) is 6.86. The lowest BCUT2D eigenvalue weighted by molar-refractivity contribution is 0.422. The number of hydrogen-bond acceptors (Lipinski definition) is 2. The van der Waals surface area contributed by atoms with Crippen molar-refractivity contribution < 1.29 is 0 Å². The smallest absolute Gasteiger partial charge is 0.193 e. The maximum Gasteiger partial charge on any atom is 0.193 e. The molecule has 0 saturated carbocycles. The number of rotatable bonds is 6. The molecule has 0 spiro atoms. The molecule has 0 saturated heterocycles. The van der Waals surface area contributed by atoms with Crippen molar-refractivity contribution in [3.05, 3.63) is 35.4 Å². The largest absolute Gasteiger partial charge is 0.355 e. The highest BCUT2D eigenvalue weighted by atomic mass is 127. The molecular weight excluding hydrogens is 399 g/mol. The van der Waals surface area contributed by atoms with Gasteiger partial charge < -0.3 is 15.5 Å². The van der Waals surface area contributed by atoms with Crippen molar-refractivity contribution in [1.29, 1.82) is 0 Å². The fraction of sp³-hybridized carbons (Fsp3) is 0.611. The van der Waals surface area contributed by atoms with Gasteiger partial charge in [0.25, 0.3) is 0 Å². The van der Waals surface area contributed by atoms with Crippen molar-refractivity contribution in [3.8, 4) is 0 Å². The van der Waals surface area contributed by atoms with Crippen LogP contribution in [0.4, 0.5) is 0 Å². The van der Waals surface area contributed by atoms with Crippen LogP contribution in [-0.2, 0) is 13.0 Å². The van der Waals surface area contributed by atoms with E-state index in [0.29, 0.717) is 0 Å². The zero-order valence-electron chi connectivity index (χ0n) is 15.4. The van der Waals surface area contributed by atoms with E-state index in [1.54, 1.807) is 0 Å². The summed E-state index contributed by atoms with van der Waals surface area (Å²) in [6.07, 6.45) is 1.08. The Bertz CT molecular complexity index is 463. The average molecular weight is 432 g/mol. The van der Waals surface area contributed by atoms with Crippen LogP contribution >= 0.6 is 24.0 Å². The number of aliphatic imine (C=N–C) groups is 1. The van der Waals surface area contributed by atoms with Crippen molar-refractivity contribution in [3.63, 3.8) is 0 Å². The third kappa shape index (κ3) is 9.15. The first-order valence-corrected chi connectivity index (χ1v) is 8.10. The monoisotopic (exact) mass is 432 g/mol.